The van der Waals surface area contributed by atoms with Crippen LogP contribution in [0.3, 0.4) is 0 Å². The Morgan fingerprint density at radius 1 is 1.19 bits per heavy atom. The molecule has 1 heterocycles. The summed E-state index contributed by atoms with van der Waals surface area (Å²) in [6, 6.07) is 11.9. The van der Waals surface area contributed by atoms with Gasteiger partial charge in [-0.1, -0.05) is 18.2 Å². The quantitative estimate of drug-likeness (QED) is 0.772. The number of hydrogen-bond donors (Lipinski definition) is 2. The monoisotopic (exact) mass is 359 g/mol. The fourth-order valence-electron chi connectivity index (χ4n) is 2.55. The number of carbonyl (C=O) groups is 1. The molecule has 0 radical (unpaired) electrons. The van der Waals surface area contributed by atoms with Gasteiger partial charge >= 0.3 is 0 Å². The molecule has 0 unspecified atom stereocenters. The molecule has 0 saturated carbocycles. The molecule has 1 fully saturated rings. The zero-order valence-electron chi connectivity index (χ0n) is 14.4. The Hall–Kier alpha value is -2.77. The van der Waals surface area contributed by atoms with Crippen molar-refractivity contribution in [1.82, 2.24) is 0 Å². The number of aromatic hydroxyl groups is 1. The molecule has 2 aromatic rings. The molecule has 1 aliphatic rings. The van der Waals surface area contributed by atoms with Crippen molar-refractivity contribution in [2.24, 2.45) is 0 Å². The highest BCUT2D eigenvalue weighted by molar-refractivity contribution is 5.93. The van der Waals surface area contributed by atoms with Crippen molar-refractivity contribution in [3.05, 3.63) is 48.0 Å². The van der Waals surface area contributed by atoms with E-state index in [0.29, 0.717) is 24.7 Å². The third-order valence-corrected chi connectivity index (χ3v) is 3.82. The lowest BCUT2D eigenvalue weighted by molar-refractivity contribution is -0.183. The lowest BCUT2D eigenvalue weighted by atomic mass is 10.1. The molecule has 138 valence electrons. The summed E-state index contributed by atoms with van der Waals surface area (Å²) in [6.45, 7) is 1.00. The van der Waals surface area contributed by atoms with Crippen LogP contribution in [-0.4, -0.2) is 37.9 Å². The number of nitrogens with one attached hydrogen (secondary N) is 1. The van der Waals surface area contributed by atoms with Gasteiger partial charge in [-0.3, -0.25) is 4.79 Å². The minimum Gasteiger partial charge on any atom is -0.506 e. The van der Waals surface area contributed by atoms with Crippen LogP contribution in [0.15, 0.2) is 42.5 Å². The van der Waals surface area contributed by atoms with Crippen LogP contribution in [-0.2, 0) is 14.3 Å². The standard InChI is InChI=1S/C19H21NO6/c1-23-16-5-2-3-6-17(16)26-12-18(22)20-14-11-13(7-8-15(14)21)19-24-9-4-10-25-19/h2-3,5-8,11,19,21H,4,9-10,12H2,1H3,(H,20,22). The number of carbonyl (C=O) groups excluding carboxylic acids is 1. The molecule has 0 bridgehead atoms. The topological polar surface area (TPSA) is 86.3 Å². The molecular weight excluding hydrogens is 338 g/mol. The van der Waals surface area contributed by atoms with Gasteiger partial charge in [0.2, 0.25) is 0 Å². The molecule has 0 aliphatic carbocycles. The molecule has 1 aliphatic heterocycles. The first-order chi connectivity index (χ1) is 12.7. The van der Waals surface area contributed by atoms with E-state index in [2.05, 4.69) is 5.32 Å². The van der Waals surface area contributed by atoms with Gasteiger partial charge in [-0.25, -0.2) is 0 Å². The molecule has 2 aromatic carbocycles. The largest absolute Gasteiger partial charge is 0.506 e. The average molecular weight is 359 g/mol. The third kappa shape index (κ3) is 4.44. The average Bonchev–Trinajstić information content (AvgIpc) is 2.69. The number of benzene rings is 2. The zero-order chi connectivity index (χ0) is 18.4. The van der Waals surface area contributed by atoms with Crippen molar-refractivity contribution >= 4 is 11.6 Å². The number of hydrogen-bond acceptors (Lipinski definition) is 6. The van der Waals surface area contributed by atoms with Crippen molar-refractivity contribution in [1.29, 1.82) is 0 Å². The molecule has 7 nitrogen and oxygen atoms in total. The Morgan fingerprint density at radius 2 is 1.92 bits per heavy atom. The molecule has 0 atom stereocenters. The van der Waals surface area contributed by atoms with E-state index in [-0.39, 0.29) is 18.0 Å². The molecule has 2 N–H and O–H groups in total. The van der Waals surface area contributed by atoms with Gasteiger partial charge in [-0.15, -0.1) is 0 Å². The van der Waals surface area contributed by atoms with Crippen LogP contribution < -0.4 is 14.8 Å². The molecule has 26 heavy (non-hydrogen) atoms. The fourth-order valence-corrected chi connectivity index (χ4v) is 2.55. The predicted molar refractivity (Wildman–Crippen MR) is 94.5 cm³/mol. The summed E-state index contributed by atoms with van der Waals surface area (Å²) in [5, 5.41) is 12.6. The first-order valence-electron chi connectivity index (χ1n) is 8.29. The second-order valence-corrected chi connectivity index (χ2v) is 5.69. The van der Waals surface area contributed by atoms with Crippen LogP contribution in [0, 0.1) is 0 Å². The van der Waals surface area contributed by atoms with Crippen LogP contribution in [0.2, 0.25) is 0 Å². The number of phenols is 1. The van der Waals surface area contributed by atoms with Crippen molar-refractivity contribution in [2.45, 2.75) is 12.7 Å². The van der Waals surface area contributed by atoms with E-state index in [9.17, 15) is 9.90 Å². The Kier molecular flexibility index (Phi) is 5.93. The highest BCUT2D eigenvalue weighted by Crippen LogP contribution is 2.31. The summed E-state index contributed by atoms with van der Waals surface area (Å²) in [4.78, 5) is 12.2. The molecule has 1 saturated heterocycles. The van der Waals surface area contributed by atoms with Crippen molar-refractivity contribution in [3.63, 3.8) is 0 Å². The number of anilines is 1. The van der Waals surface area contributed by atoms with E-state index >= 15 is 0 Å². The van der Waals surface area contributed by atoms with Crippen LogP contribution in [0.25, 0.3) is 0 Å². The summed E-state index contributed by atoms with van der Waals surface area (Å²) < 4.78 is 21.7. The van der Waals surface area contributed by atoms with E-state index in [0.717, 1.165) is 12.0 Å². The Balaban J connectivity index is 1.63. The molecule has 0 aromatic heterocycles. The van der Waals surface area contributed by atoms with Gasteiger partial charge in [0.25, 0.3) is 5.91 Å². The van der Waals surface area contributed by atoms with E-state index in [4.69, 9.17) is 18.9 Å². The van der Waals surface area contributed by atoms with Crippen LogP contribution in [0.4, 0.5) is 5.69 Å². The lowest BCUT2D eigenvalue weighted by Gasteiger charge is -2.24. The molecule has 1 amide bonds. The molecule has 0 spiro atoms. The van der Waals surface area contributed by atoms with Crippen molar-refractivity contribution < 1.29 is 28.8 Å². The van der Waals surface area contributed by atoms with Gasteiger partial charge in [0.05, 0.1) is 26.0 Å². The fraction of sp³-hybridized carbons (Fsp3) is 0.316. The van der Waals surface area contributed by atoms with Crippen molar-refractivity contribution in [3.8, 4) is 17.2 Å². The summed E-state index contributed by atoms with van der Waals surface area (Å²) in [6.07, 6.45) is 0.350. The maximum atomic E-state index is 12.2. The van der Waals surface area contributed by atoms with Gasteiger partial charge < -0.3 is 29.4 Å². The van der Waals surface area contributed by atoms with Gasteiger partial charge in [0, 0.05) is 5.56 Å². The maximum Gasteiger partial charge on any atom is 0.262 e. The third-order valence-electron chi connectivity index (χ3n) is 3.82. The molecule has 7 heteroatoms. The second kappa shape index (κ2) is 8.55. The van der Waals surface area contributed by atoms with Gasteiger partial charge in [0.1, 0.15) is 5.75 Å². The minimum absolute atomic E-state index is 0.0461. The number of rotatable bonds is 6. The van der Waals surface area contributed by atoms with Crippen molar-refractivity contribution in [2.75, 3.05) is 32.2 Å². The van der Waals surface area contributed by atoms with Crippen LogP contribution in [0.5, 0.6) is 17.2 Å². The normalized spacial score (nSPS) is 14.7. The SMILES string of the molecule is COc1ccccc1OCC(=O)Nc1cc(C2OCCCO2)ccc1O. The summed E-state index contributed by atoms with van der Waals surface area (Å²) in [7, 11) is 1.53. The smallest absolute Gasteiger partial charge is 0.262 e. The van der Waals surface area contributed by atoms with Gasteiger partial charge in [-0.2, -0.15) is 0 Å². The van der Waals surface area contributed by atoms with E-state index in [1.165, 1.54) is 13.2 Å². The van der Waals surface area contributed by atoms with Crippen LogP contribution >= 0.6 is 0 Å². The summed E-state index contributed by atoms with van der Waals surface area (Å²) in [5.41, 5.74) is 0.998. The number of methoxy groups -OCH3 is 1. The van der Waals surface area contributed by atoms with E-state index in [1.54, 1.807) is 30.3 Å². The van der Waals surface area contributed by atoms with Gasteiger partial charge in [-0.05, 0) is 30.7 Å². The summed E-state index contributed by atoms with van der Waals surface area (Å²) >= 11 is 0. The number of phenolic OH excluding ortho intramolecular Hbond substituents is 1. The summed E-state index contributed by atoms with van der Waals surface area (Å²) in [5.74, 6) is 0.549. The molecule has 3 rings (SSSR count). The predicted octanol–water partition coefficient (Wildman–Crippen LogP) is 2.85. The highest BCUT2D eigenvalue weighted by Gasteiger charge is 2.18. The van der Waals surface area contributed by atoms with Gasteiger partial charge in [0.15, 0.2) is 24.4 Å². The number of amides is 1. The second-order valence-electron chi connectivity index (χ2n) is 5.69. The van der Waals surface area contributed by atoms with Crippen LogP contribution in [0.1, 0.15) is 18.3 Å². The van der Waals surface area contributed by atoms with E-state index in [1.807, 2.05) is 6.07 Å². The first kappa shape index (κ1) is 18.0. The van der Waals surface area contributed by atoms with E-state index < -0.39 is 12.2 Å². The zero-order valence-corrected chi connectivity index (χ0v) is 14.4. The highest BCUT2D eigenvalue weighted by atomic mass is 16.7. The lowest BCUT2D eigenvalue weighted by Crippen LogP contribution is -2.21. The minimum atomic E-state index is -0.496. The number of para-hydroxylation sites is 2. The molecular formula is C19H21NO6. The Labute approximate surface area is 151 Å². The number of ether oxygens (including phenoxy) is 4. The Bertz CT molecular complexity index is 757. The first-order valence-corrected chi connectivity index (χ1v) is 8.29. The maximum absolute atomic E-state index is 12.2. The Morgan fingerprint density at radius 3 is 2.65 bits per heavy atom.